The molecule has 0 nitrogen and oxygen atoms in total. The molecule has 1 atom stereocenters. The molecular formula is C14H11Br2Cl. The van der Waals surface area contributed by atoms with Crippen LogP contribution in [-0.4, -0.2) is 0 Å². The molecule has 0 heterocycles. The van der Waals surface area contributed by atoms with Crippen molar-refractivity contribution >= 4 is 43.5 Å². The minimum absolute atomic E-state index is 0.288. The number of rotatable bonds is 3. The van der Waals surface area contributed by atoms with E-state index in [0.29, 0.717) is 0 Å². The molecule has 3 heteroatoms. The van der Waals surface area contributed by atoms with Crippen LogP contribution in [0, 0.1) is 0 Å². The molecule has 0 saturated heterocycles. The molecule has 0 saturated carbocycles. The Hall–Kier alpha value is -0.310. The minimum atomic E-state index is 0.288. The Morgan fingerprint density at radius 1 is 1.06 bits per heavy atom. The van der Waals surface area contributed by atoms with Gasteiger partial charge in [-0.15, -0.1) is 0 Å². The second kappa shape index (κ2) is 6.03. The molecule has 2 aromatic rings. The number of alkyl halides is 1. The monoisotopic (exact) mass is 372 g/mol. The van der Waals surface area contributed by atoms with Gasteiger partial charge in [0.15, 0.2) is 0 Å². The van der Waals surface area contributed by atoms with Gasteiger partial charge < -0.3 is 0 Å². The summed E-state index contributed by atoms with van der Waals surface area (Å²) in [4.78, 5) is 0.288. The largest absolute Gasteiger partial charge is 0.0843 e. The molecule has 0 fully saturated rings. The Balaban J connectivity index is 2.17. The summed E-state index contributed by atoms with van der Waals surface area (Å²) in [6.07, 6.45) is 0.920. The summed E-state index contributed by atoms with van der Waals surface area (Å²) in [5.74, 6) is 0. The summed E-state index contributed by atoms with van der Waals surface area (Å²) >= 11 is 13.3. The first-order chi connectivity index (χ1) is 8.16. The maximum Gasteiger partial charge on any atom is 0.0446 e. The molecule has 2 rings (SSSR count). The Bertz CT molecular complexity index is 511. The van der Waals surface area contributed by atoms with E-state index in [9.17, 15) is 0 Å². The lowest BCUT2D eigenvalue weighted by atomic mass is 10.0. The van der Waals surface area contributed by atoms with E-state index in [-0.39, 0.29) is 4.83 Å². The smallest absolute Gasteiger partial charge is 0.0446 e. The second-order valence-electron chi connectivity index (χ2n) is 3.82. The molecule has 0 spiro atoms. The fourth-order valence-electron chi connectivity index (χ4n) is 1.71. The standard InChI is InChI=1S/C14H11Br2Cl/c15-13-7-2-1-6-12(13)14(16)9-10-4-3-5-11(17)8-10/h1-8,14H,9H2. The van der Waals surface area contributed by atoms with E-state index >= 15 is 0 Å². The number of hydrogen-bond donors (Lipinski definition) is 0. The molecule has 0 bridgehead atoms. The van der Waals surface area contributed by atoms with E-state index in [1.54, 1.807) is 0 Å². The van der Waals surface area contributed by atoms with Crippen molar-refractivity contribution in [3.8, 4) is 0 Å². The SMILES string of the molecule is Clc1cccc(CC(Br)c2ccccc2Br)c1. The lowest BCUT2D eigenvalue weighted by Gasteiger charge is -2.12. The molecule has 0 N–H and O–H groups in total. The van der Waals surface area contributed by atoms with Crippen molar-refractivity contribution in [1.82, 2.24) is 0 Å². The average Bonchev–Trinajstić information content (AvgIpc) is 2.29. The van der Waals surface area contributed by atoms with Gasteiger partial charge in [0.2, 0.25) is 0 Å². The highest BCUT2D eigenvalue weighted by molar-refractivity contribution is 9.11. The fraction of sp³-hybridized carbons (Fsp3) is 0.143. The molecule has 0 radical (unpaired) electrons. The first kappa shape index (κ1) is 13.1. The van der Waals surface area contributed by atoms with Gasteiger partial charge in [-0.3, -0.25) is 0 Å². The second-order valence-corrected chi connectivity index (χ2v) is 6.22. The molecule has 1 unspecified atom stereocenters. The summed E-state index contributed by atoms with van der Waals surface area (Å²) in [5.41, 5.74) is 2.49. The van der Waals surface area contributed by atoms with Crippen molar-refractivity contribution in [2.45, 2.75) is 11.2 Å². The summed E-state index contributed by atoms with van der Waals surface area (Å²) in [6.45, 7) is 0. The van der Waals surface area contributed by atoms with Crippen molar-refractivity contribution in [2.24, 2.45) is 0 Å². The van der Waals surface area contributed by atoms with Crippen LogP contribution in [0.4, 0.5) is 0 Å². The highest BCUT2D eigenvalue weighted by atomic mass is 79.9. The van der Waals surface area contributed by atoms with Gasteiger partial charge in [0.1, 0.15) is 0 Å². The molecule has 0 amide bonds. The van der Waals surface area contributed by atoms with E-state index in [1.165, 1.54) is 11.1 Å². The third-order valence-electron chi connectivity index (χ3n) is 2.55. The van der Waals surface area contributed by atoms with Crippen LogP contribution in [0.15, 0.2) is 53.0 Å². The Kier molecular flexibility index (Phi) is 4.66. The fourth-order valence-corrected chi connectivity index (χ4v) is 3.56. The average molecular weight is 375 g/mol. The van der Waals surface area contributed by atoms with E-state index in [2.05, 4.69) is 50.1 Å². The number of benzene rings is 2. The predicted molar refractivity (Wildman–Crippen MR) is 81.0 cm³/mol. The third-order valence-corrected chi connectivity index (χ3v) is 4.32. The molecule has 2 aromatic carbocycles. The van der Waals surface area contributed by atoms with Crippen molar-refractivity contribution in [3.63, 3.8) is 0 Å². The lowest BCUT2D eigenvalue weighted by Crippen LogP contribution is -1.96. The molecule has 88 valence electrons. The van der Waals surface area contributed by atoms with Crippen molar-refractivity contribution in [3.05, 3.63) is 69.2 Å². The summed E-state index contributed by atoms with van der Waals surface area (Å²) in [5, 5.41) is 0.786. The molecule has 0 aromatic heterocycles. The van der Waals surface area contributed by atoms with Gasteiger partial charge in [-0.2, -0.15) is 0 Å². The van der Waals surface area contributed by atoms with Crippen LogP contribution < -0.4 is 0 Å². The van der Waals surface area contributed by atoms with Gasteiger partial charge in [0, 0.05) is 14.3 Å². The van der Waals surface area contributed by atoms with E-state index < -0.39 is 0 Å². The van der Waals surface area contributed by atoms with Gasteiger partial charge in [-0.1, -0.05) is 73.8 Å². The van der Waals surface area contributed by atoms with E-state index in [1.807, 2.05) is 30.3 Å². The van der Waals surface area contributed by atoms with Gasteiger partial charge in [-0.05, 0) is 35.7 Å². The number of hydrogen-bond acceptors (Lipinski definition) is 0. The number of halogens is 3. The molecular weight excluding hydrogens is 363 g/mol. The minimum Gasteiger partial charge on any atom is -0.0843 e. The predicted octanol–water partition coefficient (Wildman–Crippen LogP) is 5.78. The Morgan fingerprint density at radius 2 is 1.82 bits per heavy atom. The maximum absolute atomic E-state index is 5.98. The summed E-state index contributed by atoms with van der Waals surface area (Å²) in [7, 11) is 0. The maximum atomic E-state index is 5.98. The summed E-state index contributed by atoms with van der Waals surface area (Å²) in [6, 6.07) is 16.2. The zero-order valence-corrected chi connectivity index (χ0v) is 13.0. The van der Waals surface area contributed by atoms with Crippen molar-refractivity contribution in [2.75, 3.05) is 0 Å². The van der Waals surface area contributed by atoms with Crippen LogP contribution in [0.1, 0.15) is 16.0 Å². The first-order valence-electron chi connectivity index (χ1n) is 5.30. The normalized spacial score (nSPS) is 12.4. The Labute approximate surface area is 123 Å². The van der Waals surface area contributed by atoms with E-state index in [4.69, 9.17) is 11.6 Å². The van der Waals surface area contributed by atoms with Crippen LogP contribution in [0.25, 0.3) is 0 Å². The van der Waals surface area contributed by atoms with Crippen molar-refractivity contribution < 1.29 is 0 Å². The molecule has 0 aliphatic heterocycles. The van der Waals surface area contributed by atoms with Gasteiger partial charge in [-0.25, -0.2) is 0 Å². The first-order valence-corrected chi connectivity index (χ1v) is 7.38. The molecule has 0 aliphatic carbocycles. The van der Waals surface area contributed by atoms with Crippen molar-refractivity contribution in [1.29, 1.82) is 0 Å². The van der Waals surface area contributed by atoms with Crippen LogP contribution in [0.2, 0.25) is 5.02 Å². The highest BCUT2D eigenvalue weighted by Gasteiger charge is 2.11. The van der Waals surface area contributed by atoms with Crippen LogP contribution >= 0.6 is 43.5 Å². The topological polar surface area (TPSA) is 0 Å². The molecule has 0 aliphatic rings. The van der Waals surface area contributed by atoms with Crippen LogP contribution in [0.5, 0.6) is 0 Å². The Morgan fingerprint density at radius 3 is 2.53 bits per heavy atom. The van der Waals surface area contributed by atoms with Gasteiger partial charge >= 0.3 is 0 Å². The molecule has 17 heavy (non-hydrogen) atoms. The van der Waals surface area contributed by atoms with Gasteiger partial charge in [0.25, 0.3) is 0 Å². The van der Waals surface area contributed by atoms with Crippen LogP contribution in [0.3, 0.4) is 0 Å². The zero-order chi connectivity index (χ0) is 12.3. The lowest BCUT2D eigenvalue weighted by molar-refractivity contribution is 0.943. The highest BCUT2D eigenvalue weighted by Crippen LogP contribution is 2.32. The zero-order valence-electron chi connectivity index (χ0n) is 9.04. The third kappa shape index (κ3) is 3.57. The quantitative estimate of drug-likeness (QED) is 0.597. The summed E-state index contributed by atoms with van der Waals surface area (Å²) < 4.78 is 1.13. The van der Waals surface area contributed by atoms with Gasteiger partial charge in [0.05, 0.1) is 0 Å². The van der Waals surface area contributed by atoms with Crippen LogP contribution in [-0.2, 0) is 6.42 Å². The van der Waals surface area contributed by atoms with E-state index in [0.717, 1.165) is 15.9 Å².